The molecule has 3 nitrogen and oxygen atoms in total. The van der Waals surface area contributed by atoms with E-state index >= 15 is 0 Å². The lowest BCUT2D eigenvalue weighted by molar-refractivity contribution is -0.0304. The van der Waals surface area contributed by atoms with Gasteiger partial charge in [0.1, 0.15) is 0 Å². The highest BCUT2D eigenvalue weighted by atomic mass is 16.6. The van der Waals surface area contributed by atoms with E-state index in [1.807, 2.05) is 0 Å². The summed E-state index contributed by atoms with van der Waals surface area (Å²) in [5, 5.41) is 0. The second-order valence-corrected chi connectivity index (χ2v) is 5.02. The van der Waals surface area contributed by atoms with Crippen molar-refractivity contribution >= 4 is 0 Å². The van der Waals surface area contributed by atoms with Crippen LogP contribution in [0.4, 0.5) is 0 Å². The molecule has 1 saturated heterocycles. The third-order valence-corrected chi connectivity index (χ3v) is 2.84. The average molecular weight is 215 g/mol. The van der Waals surface area contributed by atoms with Gasteiger partial charge in [0.2, 0.25) is 0 Å². The molecule has 0 aromatic rings. The minimum Gasteiger partial charge on any atom is -0.375 e. The summed E-state index contributed by atoms with van der Waals surface area (Å²) >= 11 is 0. The van der Waals surface area contributed by atoms with Gasteiger partial charge in [-0.05, 0) is 33.9 Å². The molecule has 0 radical (unpaired) electrons. The maximum atomic E-state index is 5.87. The second-order valence-electron chi connectivity index (χ2n) is 5.02. The third kappa shape index (κ3) is 6.13. The van der Waals surface area contributed by atoms with Crippen molar-refractivity contribution in [2.45, 2.75) is 45.3 Å². The summed E-state index contributed by atoms with van der Waals surface area (Å²) in [6.45, 7) is 10.5. The van der Waals surface area contributed by atoms with Crippen LogP contribution in [0.5, 0.6) is 0 Å². The van der Waals surface area contributed by atoms with Crippen molar-refractivity contribution in [1.82, 2.24) is 4.90 Å². The van der Waals surface area contributed by atoms with Crippen LogP contribution in [0, 0.1) is 0 Å². The summed E-state index contributed by atoms with van der Waals surface area (Å²) in [4.78, 5) is 2.31. The first kappa shape index (κ1) is 12.9. The first-order valence-electron chi connectivity index (χ1n) is 5.97. The molecule has 90 valence electrons. The highest BCUT2D eigenvalue weighted by molar-refractivity contribution is 4.80. The van der Waals surface area contributed by atoms with Crippen LogP contribution in [0.15, 0.2) is 0 Å². The molecule has 0 aromatic heterocycles. The van der Waals surface area contributed by atoms with E-state index < -0.39 is 0 Å². The first-order chi connectivity index (χ1) is 7.03. The highest BCUT2D eigenvalue weighted by Crippen LogP contribution is 2.25. The molecule has 0 aliphatic carbocycles. The van der Waals surface area contributed by atoms with Crippen LogP contribution in [-0.2, 0) is 9.47 Å². The van der Waals surface area contributed by atoms with Crippen molar-refractivity contribution in [2.24, 2.45) is 0 Å². The molecule has 1 unspecified atom stereocenters. The summed E-state index contributed by atoms with van der Waals surface area (Å²) in [5.41, 5.74) is -0.0219. The SMILES string of the molecule is CCN(C)CCCOC(C)(C)CC1CO1. The predicted molar refractivity (Wildman–Crippen MR) is 62.2 cm³/mol. The fourth-order valence-corrected chi connectivity index (χ4v) is 1.63. The van der Waals surface area contributed by atoms with Gasteiger partial charge in [0, 0.05) is 19.6 Å². The number of epoxide rings is 1. The smallest absolute Gasteiger partial charge is 0.0837 e. The van der Waals surface area contributed by atoms with Gasteiger partial charge in [-0.2, -0.15) is 0 Å². The lowest BCUT2D eigenvalue weighted by Gasteiger charge is -2.25. The molecule has 0 aromatic carbocycles. The molecule has 3 heteroatoms. The van der Waals surface area contributed by atoms with Gasteiger partial charge in [0.25, 0.3) is 0 Å². The van der Waals surface area contributed by atoms with Gasteiger partial charge in [0.05, 0.1) is 18.3 Å². The third-order valence-electron chi connectivity index (χ3n) is 2.84. The number of hydrogen-bond donors (Lipinski definition) is 0. The van der Waals surface area contributed by atoms with Crippen molar-refractivity contribution in [3.63, 3.8) is 0 Å². The van der Waals surface area contributed by atoms with Gasteiger partial charge >= 0.3 is 0 Å². The quantitative estimate of drug-likeness (QED) is 0.457. The second kappa shape index (κ2) is 5.83. The molecule has 1 aliphatic rings. The lowest BCUT2D eigenvalue weighted by atomic mass is 10.0. The van der Waals surface area contributed by atoms with Crippen LogP contribution >= 0.6 is 0 Å². The predicted octanol–water partition coefficient (Wildman–Crippen LogP) is 1.91. The number of hydrogen-bond acceptors (Lipinski definition) is 3. The number of ether oxygens (including phenoxy) is 2. The summed E-state index contributed by atoms with van der Waals surface area (Å²) in [5.74, 6) is 0. The van der Waals surface area contributed by atoms with Crippen molar-refractivity contribution < 1.29 is 9.47 Å². The van der Waals surface area contributed by atoms with Crippen LogP contribution in [0.2, 0.25) is 0 Å². The Bertz CT molecular complexity index is 178. The molecule has 0 bridgehead atoms. The van der Waals surface area contributed by atoms with E-state index in [2.05, 4.69) is 32.7 Å². The van der Waals surface area contributed by atoms with Crippen LogP contribution in [-0.4, -0.2) is 50.0 Å². The zero-order chi connectivity index (χ0) is 11.3. The van der Waals surface area contributed by atoms with Crippen molar-refractivity contribution in [1.29, 1.82) is 0 Å². The monoisotopic (exact) mass is 215 g/mol. The topological polar surface area (TPSA) is 25.0 Å². The fourth-order valence-electron chi connectivity index (χ4n) is 1.63. The molecule has 0 N–H and O–H groups in total. The van der Waals surface area contributed by atoms with Crippen LogP contribution in [0.1, 0.15) is 33.6 Å². The van der Waals surface area contributed by atoms with E-state index in [9.17, 15) is 0 Å². The van der Waals surface area contributed by atoms with E-state index in [0.717, 1.165) is 39.1 Å². The molecule has 1 fully saturated rings. The fraction of sp³-hybridized carbons (Fsp3) is 1.00. The van der Waals surface area contributed by atoms with Crippen LogP contribution in [0.3, 0.4) is 0 Å². The van der Waals surface area contributed by atoms with Gasteiger partial charge < -0.3 is 14.4 Å². The molecule has 15 heavy (non-hydrogen) atoms. The Kier molecular flexibility index (Phi) is 5.03. The Morgan fingerprint density at radius 3 is 2.67 bits per heavy atom. The summed E-state index contributed by atoms with van der Waals surface area (Å²) in [7, 11) is 2.14. The zero-order valence-electron chi connectivity index (χ0n) is 10.6. The van der Waals surface area contributed by atoms with Crippen molar-refractivity contribution in [3.05, 3.63) is 0 Å². The lowest BCUT2D eigenvalue weighted by Crippen LogP contribution is -2.28. The molecule has 1 atom stereocenters. The van der Waals surface area contributed by atoms with Crippen LogP contribution in [0.25, 0.3) is 0 Å². The molecular weight excluding hydrogens is 190 g/mol. The van der Waals surface area contributed by atoms with E-state index in [-0.39, 0.29) is 5.60 Å². The van der Waals surface area contributed by atoms with Gasteiger partial charge in [-0.25, -0.2) is 0 Å². The minimum atomic E-state index is -0.0219. The normalized spacial score (nSPS) is 21.0. The Morgan fingerprint density at radius 1 is 1.47 bits per heavy atom. The van der Waals surface area contributed by atoms with Crippen molar-refractivity contribution in [3.8, 4) is 0 Å². The zero-order valence-corrected chi connectivity index (χ0v) is 10.6. The Hall–Kier alpha value is -0.120. The minimum absolute atomic E-state index is 0.0219. The van der Waals surface area contributed by atoms with Gasteiger partial charge in [-0.3, -0.25) is 0 Å². The molecule has 1 rings (SSSR count). The van der Waals surface area contributed by atoms with E-state index in [0.29, 0.717) is 6.10 Å². The summed E-state index contributed by atoms with van der Waals surface area (Å²) in [6, 6.07) is 0. The summed E-state index contributed by atoms with van der Waals surface area (Å²) < 4.78 is 11.1. The average Bonchev–Trinajstić information content (AvgIpc) is 2.95. The van der Waals surface area contributed by atoms with E-state index in [4.69, 9.17) is 9.47 Å². The first-order valence-corrected chi connectivity index (χ1v) is 5.97. The maximum absolute atomic E-state index is 5.87. The van der Waals surface area contributed by atoms with E-state index in [1.165, 1.54) is 0 Å². The Balaban J connectivity index is 2.01. The molecule has 0 amide bonds. The standard InChI is InChI=1S/C12H25NO2/c1-5-13(4)7-6-8-15-12(2,3)9-11-10-14-11/h11H,5-10H2,1-4H3. The maximum Gasteiger partial charge on any atom is 0.0837 e. The summed E-state index contributed by atoms with van der Waals surface area (Å²) in [6.07, 6.45) is 2.59. The molecule has 1 heterocycles. The molecule has 0 saturated carbocycles. The molecule has 1 aliphatic heterocycles. The Morgan fingerprint density at radius 2 is 2.13 bits per heavy atom. The van der Waals surface area contributed by atoms with Gasteiger partial charge in [0.15, 0.2) is 0 Å². The largest absolute Gasteiger partial charge is 0.375 e. The molecule has 0 spiro atoms. The highest BCUT2D eigenvalue weighted by Gasteiger charge is 2.31. The van der Waals surface area contributed by atoms with E-state index in [1.54, 1.807) is 0 Å². The Labute approximate surface area is 93.7 Å². The van der Waals surface area contributed by atoms with Crippen molar-refractivity contribution in [2.75, 3.05) is 33.4 Å². The van der Waals surface area contributed by atoms with Crippen LogP contribution < -0.4 is 0 Å². The van der Waals surface area contributed by atoms with Gasteiger partial charge in [-0.15, -0.1) is 0 Å². The van der Waals surface area contributed by atoms with Gasteiger partial charge in [-0.1, -0.05) is 6.92 Å². The number of nitrogens with zero attached hydrogens (tertiary/aromatic N) is 1. The molecular formula is C12H25NO2. The number of rotatable bonds is 8.